The van der Waals surface area contributed by atoms with Crippen molar-refractivity contribution in [2.75, 3.05) is 13.1 Å². The van der Waals surface area contributed by atoms with Crippen LogP contribution in [0.4, 0.5) is 13.2 Å². The Balaban J connectivity index is 1.65. The van der Waals surface area contributed by atoms with Gasteiger partial charge in [-0.25, -0.2) is 0 Å². The average molecular weight is 276 g/mol. The monoisotopic (exact) mass is 276 g/mol. The summed E-state index contributed by atoms with van der Waals surface area (Å²) in [6.07, 6.45) is 1.06. The zero-order chi connectivity index (χ0) is 14.0. The van der Waals surface area contributed by atoms with Gasteiger partial charge in [-0.2, -0.15) is 13.2 Å². The van der Waals surface area contributed by atoms with Crippen molar-refractivity contribution >= 4 is 11.8 Å². The van der Waals surface area contributed by atoms with Gasteiger partial charge in [0.25, 0.3) is 0 Å². The van der Waals surface area contributed by atoms with E-state index < -0.39 is 12.1 Å². The Labute approximate surface area is 108 Å². The number of amides is 2. The van der Waals surface area contributed by atoms with Crippen LogP contribution in [-0.4, -0.2) is 31.1 Å². The summed E-state index contributed by atoms with van der Waals surface area (Å²) >= 11 is 0. The summed E-state index contributed by atoms with van der Waals surface area (Å²) in [5.41, 5.74) is 0. The molecule has 0 unspecified atom stereocenters. The first-order valence-corrected chi connectivity index (χ1v) is 6.19. The van der Waals surface area contributed by atoms with Crippen molar-refractivity contribution in [2.45, 2.75) is 19.0 Å². The number of hydrogen-bond acceptors (Lipinski definition) is 2. The Morgan fingerprint density at radius 3 is 2.32 bits per heavy atom. The van der Waals surface area contributed by atoms with E-state index >= 15 is 0 Å². The summed E-state index contributed by atoms with van der Waals surface area (Å²) < 4.78 is 35.6. The second-order valence-corrected chi connectivity index (χ2v) is 4.93. The van der Waals surface area contributed by atoms with Crippen molar-refractivity contribution in [1.29, 1.82) is 0 Å². The van der Waals surface area contributed by atoms with Crippen LogP contribution < -0.4 is 10.6 Å². The maximum atomic E-state index is 11.9. The van der Waals surface area contributed by atoms with Gasteiger partial charge in [0.05, 0.1) is 0 Å². The maximum Gasteiger partial charge on any atom is 0.471 e. The van der Waals surface area contributed by atoms with E-state index in [1.54, 1.807) is 5.32 Å². The van der Waals surface area contributed by atoms with Crippen LogP contribution in [0.25, 0.3) is 0 Å². The van der Waals surface area contributed by atoms with E-state index in [0.29, 0.717) is 5.92 Å². The number of alkyl halides is 3. The molecule has 0 heterocycles. The van der Waals surface area contributed by atoms with Crippen molar-refractivity contribution in [3.8, 4) is 0 Å². The van der Waals surface area contributed by atoms with Gasteiger partial charge in [0, 0.05) is 19.0 Å². The molecule has 7 heteroatoms. The van der Waals surface area contributed by atoms with Gasteiger partial charge in [-0.1, -0.05) is 12.2 Å². The first-order valence-electron chi connectivity index (χ1n) is 6.19. The van der Waals surface area contributed by atoms with Gasteiger partial charge >= 0.3 is 12.1 Å². The molecule has 0 aromatic heterocycles. The molecule has 4 nitrogen and oxygen atoms in total. The number of halogens is 3. The average Bonchev–Trinajstić information content (AvgIpc) is 2.94. The largest absolute Gasteiger partial charge is 0.471 e. The minimum absolute atomic E-state index is 0.0122. The smallest absolute Gasteiger partial charge is 0.354 e. The molecule has 0 saturated heterocycles. The SMILES string of the molecule is O=C(NCCNC(=O)C(F)(F)F)[C@@H]1C[C@@H]2C=C[C@H]1C2. The van der Waals surface area contributed by atoms with E-state index in [2.05, 4.69) is 11.4 Å². The molecule has 1 saturated carbocycles. The lowest BCUT2D eigenvalue weighted by Crippen LogP contribution is -2.42. The minimum atomic E-state index is -4.88. The second-order valence-electron chi connectivity index (χ2n) is 4.93. The molecule has 19 heavy (non-hydrogen) atoms. The topological polar surface area (TPSA) is 58.2 Å². The van der Waals surface area contributed by atoms with Gasteiger partial charge in [-0.3, -0.25) is 9.59 Å². The molecule has 2 rings (SSSR count). The van der Waals surface area contributed by atoms with Crippen LogP contribution in [0.3, 0.4) is 0 Å². The van der Waals surface area contributed by atoms with Gasteiger partial charge in [-0.05, 0) is 24.7 Å². The standard InChI is InChI=1S/C12H15F3N2O2/c13-12(14,15)11(19)17-4-3-16-10(18)9-6-7-1-2-8(9)5-7/h1-2,7-9H,3-6H2,(H,16,18)(H,17,19)/t7-,8+,9-/m1/s1. The molecule has 2 bridgehead atoms. The number of fused-ring (bicyclic) bond motifs is 2. The van der Waals surface area contributed by atoms with E-state index in [4.69, 9.17) is 0 Å². The van der Waals surface area contributed by atoms with Crippen molar-refractivity contribution in [1.82, 2.24) is 10.6 Å². The van der Waals surface area contributed by atoms with Gasteiger partial charge in [-0.15, -0.1) is 0 Å². The van der Waals surface area contributed by atoms with Gasteiger partial charge in [0.15, 0.2) is 0 Å². The number of allylic oxidation sites excluding steroid dienone is 2. The Morgan fingerprint density at radius 1 is 1.11 bits per heavy atom. The first-order chi connectivity index (χ1) is 8.88. The fourth-order valence-corrected chi connectivity index (χ4v) is 2.68. The van der Waals surface area contributed by atoms with Crippen LogP contribution in [0.1, 0.15) is 12.8 Å². The molecule has 1 fully saturated rings. The number of nitrogens with one attached hydrogen (secondary N) is 2. The zero-order valence-corrected chi connectivity index (χ0v) is 10.2. The molecule has 3 atom stereocenters. The van der Waals surface area contributed by atoms with E-state index in [1.165, 1.54) is 0 Å². The Bertz CT molecular complexity index is 406. The molecule has 106 valence electrons. The number of carbonyl (C=O) groups excluding carboxylic acids is 2. The minimum Gasteiger partial charge on any atom is -0.354 e. The highest BCUT2D eigenvalue weighted by molar-refractivity contribution is 5.82. The highest BCUT2D eigenvalue weighted by Gasteiger charge is 2.40. The fourth-order valence-electron chi connectivity index (χ4n) is 2.68. The van der Waals surface area contributed by atoms with Gasteiger partial charge < -0.3 is 10.6 Å². The summed E-state index contributed by atoms with van der Waals surface area (Å²) in [4.78, 5) is 22.3. The second kappa shape index (κ2) is 5.22. The third-order valence-corrected chi connectivity index (χ3v) is 3.58. The molecular formula is C12H15F3N2O2. The quantitative estimate of drug-likeness (QED) is 0.594. The molecule has 2 aliphatic rings. The van der Waals surface area contributed by atoms with Crippen LogP contribution >= 0.6 is 0 Å². The van der Waals surface area contributed by atoms with Crippen LogP contribution in [-0.2, 0) is 9.59 Å². The highest BCUT2D eigenvalue weighted by atomic mass is 19.4. The van der Waals surface area contributed by atoms with Crippen LogP contribution in [0.2, 0.25) is 0 Å². The summed E-state index contributed by atoms with van der Waals surface area (Å²) in [5, 5.41) is 4.27. The summed E-state index contributed by atoms with van der Waals surface area (Å²) in [7, 11) is 0. The fraction of sp³-hybridized carbons (Fsp3) is 0.667. The summed E-state index contributed by atoms with van der Waals surface area (Å²) in [6.45, 7) is -0.209. The van der Waals surface area contributed by atoms with Crippen molar-refractivity contribution in [2.24, 2.45) is 17.8 Å². The summed E-state index contributed by atoms with van der Waals surface area (Å²) in [5.74, 6) is -1.48. The molecule has 2 aliphatic carbocycles. The Kier molecular flexibility index (Phi) is 3.82. The van der Waals surface area contributed by atoms with Crippen LogP contribution in [0.5, 0.6) is 0 Å². The molecule has 0 aromatic carbocycles. The lowest BCUT2D eigenvalue weighted by molar-refractivity contribution is -0.173. The molecule has 0 aliphatic heterocycles. The zero-order valence-electron chi connectivity index (χ0n) is 10.2. The summed E-state index contributed by atoms with van der Waals surface area (Å²) in [6, 6.07) is 0. The van der Waals surface area contributed by atoms with Gasteiger partial charge in [0.2, 0.25) is 5.91 Å². The van der Waals surface area contributed by atoms with Crippen LogP contribution in [0, 0.1) is 17.8 Å². The van der Waals surface area contributed by atoms with E-state index in [-0.39, 0.29) is 30.8 Å². The van der Waals surface area contributed by atoms with E-state index in [9.17, 15) is 22.8 Å². The highest BCUT2D eigenvalue weighted by Crippen LogP contribution is 2.43. The van der Waals surface area contributed by atoms with Crippen molar-refractivity contribution < 1.29 is 22.8 Å². The maximum absolute atomic E-state index is 11.9. The Morgan fingerprint density at radius 2 is 1.79 bits per heavy atom. The van der Waals surface area contributed by atoms with E-state index in [0.717, 1.165) is 12.8 Å². The van der Waals surface area contributed by atoms with Crippen molar-refractivity contribution in [3.63, 3.8) is 0 Å². The predicted molar refractivity (Wildman–Crippen MR) is 60.9 cm³/mol. The molecule has 0 spiro atoms. The Hall–Kier alpha value is -1.53. The molecular weight excluding hydrogens is 261 g/mol. The molecule has 2 amide bonds. The van der Waals surface area contributed by atoms with Gasteiger partial charge in [0.1, 0.15) is 0 Å². The third-order valence-electron chi connectivity index (χ3n) is 3.58. The lowest BCUT2D eigenvalue weighted by Gasteiger charge is -2.17. The molecule has 2 N–H and O–H groups in total. The lowest BCUT2D eigenvalue weighted by atomic mass is 9.93. The predicted octanol–water partition coefficient (Wildman–Crippen LogP) is 0.993. The number of carbonyl (C=O) groups is 2. The number of rotatable bonds is 4. The molecule has 0 radical (unpaired) electrons. The normalized spacial score (nSPS) is 28.5. The van der Waals surface area contributed by atoms with Crippen molar-refractivity contribution in [3.05, 3.63) is 12.2 Å². The van der Waals surface area contributed by atoms with E-state index in [1.807, 2.05) is 6.08 Å². The number of hydrogen-bond donors (Lipinski definition) is 2. The first kappa shape index (κ1) is 13.9. The van der Waals surface area contributed by atoms with Crippen LogP contribution in [0.15, 0.2) is 12.2 Å². The third kappa shape index (κ3) is 3.27. The molecule has 0 aromatic rings.